The van der Waals surface area contributed by atoms with Crippen LogP contribution >= 0.6 is 11.6 Å². The molecular formula is C13H9ClLi2O. The first-order chi connectivity index (χ1) is 7.34. The fourth-order valence-corrected chi connectivity index (χ4v) is 1.25. The molecule has 0 heterocycles. The monoisotopic (exact) mass is 230 g/mol. The summed E-state index contributed by atoms with van der Waals surface area (Å²) >= 11 is 5.73. The van der Waals surface area contributed by atoms with Gasteiger partial charge in [0.2, 0.25) is 0 Å². The van der Waals surface area contributed by atoms with E-state index in [0.717, 1.165) is 5.56 Å². The summed E-state index contributed by atoms with van der Waals surface area (Å²) in [5.74, 6) is 0.656. The molecule has 0 fully saturated rings. The summed E-state index contributed by atoms with van der Waals surface area (Å²) in [7, 11) is 0. The molecule has 0 atom stereocenters. The number of hydrogen-bond donors (Lipinski definition) is 0. The maximum Gasteiger partial charge on any atom is 1.00 e. The van der Waals surface area contributed by atoms with Crippen LogP contribution in [-0.4, -0.2) is 0 Å². The summed E-state index contributed by atoms with van der Waals surface area (Å²) in [6.45, 7) is 1.68. The Balaban J connectivity index is 0.00000128. The minimum Gasteiger partial charge on any atom is -0.548 e. The van der Waals surface area contributed by atoms with Gasteiger partial charge in [0.05, 0.1) is 0 Å². The summed E-state index contributed by atoms with van der Waals surface area (Å²) in [6, 6.07) is 18.0. The molecule has 0 N–H and O–H groups in total. The SMILES string of the molecule is Clc1c[c-]c(O[CH-]c2ccccc2)cc1.[Li+].[Li+]. The summed E-state index contributed by atoms with van der Waals surface area (Å²) in [5, 5.41) is 0.655. The summed E-state index contributed by atoms with van der Waals surface area (Å²) < 4.78 is 5.41. The van der Waals surface area contributed by atoms with Gasteiger partial charge in [-0.3, -0.25) is 0 Å². The van der Waals surface area contributed by atoms with E-state index in [-0.39, 0.29) is 37.7 Å². The van der Waals surface area contributed by atoms with E-state index < -0.39 is 0 Å². The van der Waals surface area contributed by atoms with Gasteiger partial charge in [-0.2, -0.15) is 41.4 Å². The topological polar surface area (TPSA) is 9.23 Å². The molecule has 0 radical (unpaired) electrons. The fraction of sp³-hybridized carbons (Fsp3) is 0. The first-order valence-electron chi connectivity index (χ1n) is 4.57. The number of benzene rings is 2. The van der Waals surface area contributed by atoms with Crippen molar-refractivity contribution in [2.75, 3.05) is 0 Å². The first kappa shape index (κ1) is 16.6. The molecule has 0 aliphatic rings. The van der Waals surface area contributed by atoms with Crippen molar-refractivity contribution in [2.24, 2.45) is 0 Å². The Bertz CT molecular complexity index is 417. The molecule has 76 valence electrons. The van der Waals surface area contributed by atoms with E-state index in [0.29, 0.717) is 10.8 Å². The minimum atomic E-state index is 0. The Hall–Kier alpha value is -0.405. The molecule has 0 aromatic heterocycles. The molecule has 0 bridgehead atoms. The third-order valence-corrected chi connectivity index (χ3v) is 2.10. The molecule has 0 unspecified atom stereocenters. The minimum absolute atomic E-state index is 0. The van der Waals surface area contributed by atoms with E-state index in [4.69, 9.17) is 16.3 Å². The zero-order chi connectivity index (χ0) is 10.5. The van der Waals surface area contributed by atoms with Crippen LogP contribution in [0.15, 0.2) is 48.5 Å². The van der Waals surface area contributed by atoms with Crippen LogP contribution in [-0.2, 0) is 0 Å². The Labute approximate surface area is 131 Å². The number of ether oxygens (including phenoxy) is 1. The van der Waals surface area contributed by atoms with Crippen LogP contribution in [0.3, 0.4) is 0 Å². The molecule has 0 saturated heterocycles. The predicted octanol–water partition coefficient (Wildman–Crippen LogP) is -2.26. The van der Waals surface area contributed by atoms with Crippen molar-refractivity contribution >= 4 is 11.6 Å². The second-order valence-corrected chi connectivity index (χ2v) is 3.45. The van der Waals surface area contributed by atoms with Gasteiger partial charge in [0.1, 0.15) is 0 Å². The largest absolute Gasteiger partial charge is 1.00 e. The van der Waals surface area contributed by atoms with Gasteiger partial charge in [-0.05, 0) is 12.4 Å². The molecule has 0 amide bonds. The van der Waals surface area contributed by atoms with Gasteiger partial charge in [-0.25, -0.2) is 0 Å². The Morgan fingerprint density at radius 2 is 1.71 bits per heavy atom. The predicted molar refractivity (Wildman–Crippen MR) is 60.8 cm³/mol. The summed E-state index contributed by atoms with van der Waals surface area (Å²) in [6.07, 6.45) is 0. The third kappa shape index (κ3) is 5.65. The van der Waals surface area contributed by atoms with Gasteiger partial charge < -0.3 is 4.74 Å². The van der Waals surface area contributed by atoms with Crippen molar-refractivity contribution in [1.82, 2.24) is 0 Å². The standard InChI is InChI=1S/C13H9ClO.2Li/c14-12-6-8-13(9-7-12)15-10-11-4-2-1-3-5-11;;/h1-8,10H;;/q-2;2*+1. The maximum atomic E-state index is 5.73. The second-order valence-electron chi connectivity index (χ2n) is 3.02. The van der Waals surface area contributed by atoms with Crippen molar-refractivity contribution in [3.8, 4) is 5.75 Å². The normalized spacial score (nSPS) is 8.53. The summed E-state index contributed by atoms with van der Waals surface area (Å²) in [5.41, 5.74) is 1.01. The van der Waals surface area contributed by atoms with Gasteiger partial charge in [-0.15, -0.1) is 24.3 Å². The molecular weight excluding hydrogens is 221 g/mol. The fourth-order valence-electron chi connectivity index (χ4n) is 1.13. The maximum absolute atomic E-state index is 5.73. The third-order valence-electron chi connectivity index (χ3n) is 1.87. The van der Waals surface area contributed by atoms with Crippen LogP contribution in [0.5, 0.6) is 5.75 Å². The molecule has 0 spiro atoms. The number of hydrogen-bond acceptors (Lipinski definition) is 1. The van der Waals surface area contributed by atoms with Crippen LogP contribution in [0.2, 0.25) is 5.02 Å². The Morgan fingerprint density at radius 3 is 2.29 bits per heavy atom. The molecule has 2 aromatic carbocycles. The average molecular weight is 231 g/mol. The molecule has 2 rings (SSSR count). The number of rotatable bonds is 3. The molecule has 4 heteroatoms. The van der Waals surface area contributed by atoms with E-state index >= 15 is 0 Å². The quantitative estimate of drug-likeness (QED) is 0.427. The van der Waals surface area contributed by atoms with Crippen LogP contribution in [0.25, 0.3) is 0 Å². The summed E-state index contributed by atoms with van der Waals surface area (Å²) in [4.78, 5) is 0. The van der Waals surface area contributed by atoms with Crippen molar-refractivity contribution < 1.29 is 42.5 Å². The van der Waals surface area contributed by atoms with Crippen molar-refractivity contribution in [3.63, 3.8) is 0 Å². The molecule has 17 heavy (non-hydrogen) atoms. The molecule has 0 saturated carbocycles. The zero-order valence-corrected chi connectivity index (χ0v) is 10.7. The van der Waals surface area contributed by atoms with Gasteiger partial charge in [0.25, 0.3) is 0 Å². The Kier molecular flexibility index (Phi) is 8.45. The van der Waals surface area contributed by atoms with Crippen molar-refractivity contribution in [3.05, 3.63) is 71.8 Å². The van der Waals surface area contributed by atoms with E-state index in [1.807, 2.05) is 30.3 Å². The van der Waals surface area contributed by atoms with Gasteiger partial charge in [0.15, 0.2) is 0 Å². The van der Waals surface area contributed by atoms with Crippen LogP contribution in [0.1, 0.15) is 5.56 Å². The van der Waals surface area contributed by atoms with E-state index in [2.05, 4.69) is 6.07 Å². The van der Waals surface area contributed by atoms with Crippen LogP contribution in [0.4, 0.5) is 0 Å². The van der Waals surface area contributed by atoms with Crippen molar-refractivity contribution in [1.29, 1.82) is 0 Å². The zero-order valence-electron chi connectivity index (χ0n) is 9.98. The van der Waals surface area contributed by atoms with Gasteiger partial charge >= 0.3 is 37.7 Å². The van der Waals surface area contributed by atoms with E-state index in [9.17, 15) is 0 Å². The average Bonchev–Trinajstić information content (AvgIpc) is 2.30. The van der Waals surface area contributed by atoms with Crippen LogP contribution in [0, 0.1) is 12.7 Å². The smallest absolute Gasteiger partial charge is 0.548 e. The molecule has 2 aromatic rings. The van der Waals surface area contributed by atoms with Gasteiger partial charge in [-0.1, -0.05) is 11.1 Å². The van der Waals surface area contributed by atoms with E-state index in [1.54, 1.807) is 24.8 Å². The van der Waals surface area contributed by atoms with Crippen LogP contribution < -0.4 is 42.5 Å². The first-order valence-corrected chi connectivity index (χ1v) is 4.94. The Morgan fingerprint density at radius 1 is 1.00 bits per heavy atom. The molecule has 0 aliphatic carbocycles. The second kappa shape index (κ2) is 8.65. The molecule has 1 nitrogen and oxygen atoms in total. The van der Waals surface area contributed by atoms with Gasteiger partial charge in [0, 0.05) is 0 Å². The molecule has 0 aliphatic heterocycles. The van der Waals surface area contributed by atoms with E-state index in [1.165, 1.54) is 0 Å². The van der Waals surface area contributed by atoms with Crippen molar-refractivity contribution in [2.45, 2.75) is 0 Å². The number of halogens is 1.